The van der Waals surface area contributed by atoms with Gasteiger partial charge in [0.25, 0.3) is 5.91 Å². The number of carbonyl (C=O) groups is 1. The number of nitrogens with zero attached hydrogens (tertiary/aromatic N) is 2. The maximum Gasteiger partial charge on any atom is 0.257 e. The smallest absolute Gasteiger partial charge is 0.257 e. The van der Waals surface area contributed by atoms with Crippen LogP contribution in [0.4, 0.5) is 5.13 Å². The fourth-order valence-electron chi connectivity index (χ4n) is 2.45. The normalized spacial score (nSPS) is 11.6. The van der Waals surface area contributed by atoms with Crippen LogP contribution >= 0.6 is 22.7 Å². The van der Waals surface area contributed by atoms with Gasteiger partial charge in [-0.3, -0.25) is 10.1 Å². The second kappa shape index (κ2) is 6.84. The molecule has 0 unspecified atom stereocenters. The number of para-hydroxylation sites is 1. The van der Waals surface area contributed by atoms with Gasteiger partial charge < -0.3 is 0 Å². The first-order chi connectivity index (χ1) is 12.9. The molecule has 0 aliphatic carbocycles. The van der Waals surface area contributed by atoms with Crippen LogP contribution in [-0.4, -0.2) is 30.5 Å². The minimum Gasteiger partial charge on any atom is -0.298 e. The van der Waals surface area contributed by atoms with Crippen molar-refractivity contribution in [3.8, 4) is 10.7 Å². The molecular formula is C18H13N3O3S3. The summed E-state index contributed by atoms with van der Waals surface area (Å²) in [6, 6.07) is 13.8. The Balaban J connectivity index is 1.56. The van der Waals surface area contributed by atoms with Crippen LogP contribution in [0, 0.1) is 0 Å². The molecule has 4 aromatic rings. The number of aromatic nitrogens is 2. The van der Waals surface area contributed by atoms with E-state index in [1.54, 1.807) is 12.1 Å². The van der Waals surface area contributed by atoms with Crippen molar-refractivity contribution in [3.63, 3.8) is 0 Å². The summed E-state index contributed by atoms with van der Waals surface area (Å²) in [7, 11) is -3.38. The molecule has 1 amide bonds. The van der Waals surface area contributed by atoms with Crippen LogP contribution in [0.1, 0.15) is 10.4 Å². The fraction of sp³-hybridized carbons (Fsp3) is 0.0556. The Bertz CT molecular complexity index is 1230. The summed E-state index contributed by atoms with van der Waals surface area (Å²) in [5.74, 6) is -0.411. The van der Waals surface area contributed by atoms with Gasteiger partial charge in [0.2, 0.25) is 0 Å². The first-order valence-corrected chi connectivity index (χ1v) is 11.4. The van der Waals surface area contributed by atoms with Crippen LogP contribution in [0.25, 0.3) is 20.9 Å². The highest BCUT2D eigenvalue weighted by Crippen LogP contribution is 2.32. The molecule has 0 fully saturated rings. The first-order valence-electron chi connectivity index (χ1n) is 7.83. The highest BCUT2D eigenvalue weighted by Gasteiger charge is 2.15. The third kappa shape index (κ3) is 3.75. The molecule has 2 heterocycles. The van der Waals surface area contributed by atoms with Gasteiger partial charge in [0.1, 0.15) is 10.7 Å². The lowest BCUT2D eigenvalue weighted by Gasteiger charge is -2.03. The van der Waals surface area contributed by atoms with Gasteiger partial charge in [-0.05, 0) is 30.3 Å². The summed E-state index contributed by atoms with van der Waals surface area (Å²) in [4.78, 5) is 21.5. The Labute approximate surface area is 163 Å². The molecular weight excluding hydrogens is 402 g/mol. The van der Waals surface area contributed by atoms with Gasteiger partial charge in [0.15, 0.2) is 15.0 Å². The Morgan fingerprint density at radius 2 is 1.89 bits per heavy atom. The molecule has 2 aromatic heterocycles. The molecule has 27 heavy (non-hydrogen) atoms. The topological polar surface area (TPSA) is 89.0 Å². The molecule has 0 bridgehead atoms. The van der Waals surface area contributed by atoms with Gasteiger partial charge in [0.05, 0.1) is 15.1 Å². The maximum atomic E-state index is 12.4. The monoisotopic (exact) mass is 415 g/mol. The number of hydrogen-bond acceptors (Lipinski definition) is 7. The van der Waals surface area contributed by atoms with Crippen molar-refractivity contribution in [1.82, 2.24) is 9.97 Å². The molecule has 0 radical (unpaired) electrons. The largest absolute Gasteiger partial charge is 0.298 e. The molecule has 0 aliphatic rings. The third-order valence-corrected chi connectivity index (χ3v) is 6.69. The Morgan fingerprint density at radius 3 is 2.67 bits per heavy atom. The predicted molar refractivity (Wildman–Crippen MR) is 108 cm³/mol. The zero-order chi connectivity index (χ0) is 19.0. The summed E-state index contributed by atoms with van der Waals surface area (Å²) in [6.07, 6.45) is 1.11. The number of hydrogen-bond donors (Lipinski definition) is 1. The second-order valence-electron chi connectivity index (χ2n) is 5.78. The highest BCUT2D eigenvalue weighted by molar-refractivity contribution is 7.90. The Kier molecular flexibility index (Phi) is 4.50. The van der Waals surface area contributed by atoms with Crippen LogP contribution in [-0.2, 0) is 9.84 Å². The minimum atomic E-state index is -3.38. The van der Waals surface area contributed by atoms with Gasteiger partial charge in [-0.15, -0.1) is 22.7 Å². The van der Waals surface area contributed by atoms with Crippen molar-refractivity contribution in [2.75, 3.05) is 11.6 Å². The summed E-state index contributed by atoms with van der Waals surface area (Å²) in [6.45, 7) is 0. The van der Waals surface area contributed by atoms with E-state index < -0.39 is 15.7 Å². The van der Waals surface area contributed by atoms with E-state index in [4.69, 9.17) is 0 Å². The van der Waals surface area contributed by atoms with Gasteiger partial charge in [-0.25, -0.2) is 18.4 Å². The number of benzene rings is 2. The zero-order valence-corrected chi connectivity index (χ0v) is 16.5. The second-order valence-corrected chi connectivity index (χ2v) is 9.68. The number of sulfone groups is 1. The number of thiazole rings is 2. The molecule has 0 atom stereocenters. The number of fused-ring (bicyclic) bond motifs is 1. The number of carbonyl (C=O) groups excluding carboxylic acids is 1. The molecule has 9 heteroatoms. The maximum absolute atomic E-state index is 12.4. The molecule has 136 valence electrons. The van der Waals surface area contributed by atoms with Crippen LogP contribution in [0.15, 0.2) is 58.8 Å². The molecule has 0 aliphatic heterocycles. The molecule has 0 saturated heterocycles. The lowest BCUT2D eigenvalue weighted by Crippen LogP contribution is -2.12. The SMILES string of the molecule is CS(=O)(=O)c1cccc(C(=O)Nc2nc(-c3nc4ccccc4s3)cs2)c1. The van der Waals surface area contributed by atoms with Crippen LogP contribution in [0.5, 0.6) is 0 Å². The quantitative estimate of drug-likeness (QED) is 0.543. The van der Waals surface area contributed by atoms with Crippen molar-refractivity contribution < 1.29 is 13.2 Å². The minimum absolute atomic E-state index is 0.101. The van der Waals surface area contributed by atoms with Gasteiger partial charge in [-0.1, -0.05) is 18.2 Å². The van der Waals surface area contributed by atoms with E-state index in [2.05, 4.69) is 15.3 Å². The fourth-order valence-corrected chi connectivity index (χ4v) is 4.81. The first kappa shape index (κ1) is 17.8. The summed E-state index contributed by atoms with van der Waals surface area (Å²) in [5, 5.41) is 5.76. The molecule has 4 rings (SSSR count). The van der Waals surface area contributed by atoms with E-state index in [0.29, 0.717) is 10.8 Å². The number of anilines is 1. The van der Waals surface area contributed by atoms with Gasteiger partial charge in [0, 0.05) is 17.2 Å². The number of rotatable bonds is 4. The van der Waals surface area contributed by atoms with E-state index in [1.807, 2.05) is 29.6 Å². The Morgan fingerprint density at radius 1 is 1.07 bits per heavy atom. The van der Waals surface area contributed by atoms with Crippen LogP contribution in [0.2, 0.25) is 0 Å². The molecule has 1 N–H and O–H groups in total. The molecule has 0 saturated carbocycles. The van der Waals surface area contributed by atoms with Crippen molar-refractivity contribution in [1.29, 1.82) is 0 Å². The van der Waals surface area contributed by atoms with E-state index in [9.17, 15) is 13.2 Å². The van der Waals surface area contributed by atoms with E-state index in [1.165, 1.54) is 34.8 Å². The summed E-state index contributed by atoms with van der Waals surface area (Å²) in [5.41, 5.74) is 1.87. The molecule has 6 nitrogen and oxygen atoms in total. The number of amides is 1. The zero-order valence-electron chi connectivity index (χ0n) is 14.0. The van der Waals surface area contributed by atoms with Crippen molar-refractivity contribution >= 4 is 53.8 Å². The standard InChI is InChI=1S/C18H13N3O3S3/c1-27(23,24)12-6-4-5-11(9-12)16(22)21-18-20-14(10-25-18)17-19-13-7-2-3-8-15(13)26-17/h2-10H,1H3,(H,20,21,22). The molecule has 0 spiro atoms. The lowest BCUT2D eigenvalue weighted by atomic mass is 10.2. The average Bonchev–Trinajstić information content (AvgIpc) is 3.27. The van der Waals surface area contributed by atoms with Crippen molar-refractivity contribution in [2.45, 2.75) is 4.90 Å². The average molecular weight is 416 g/mol. The van der Waals surface area contributed by atoms with Crippen molar-refractivity contribution in [3.05, 3.63) is 59.5 Å². The molecule has 2 aromatic carbocycles. The van der Waals surface area contributed by atoms with Crippen LogP contribution in [0.3, 0.4) is 0 Å². The highest BCUT2D eigenvalue weighted by atomic mass is 32.2. The Hall–Kier alpha value is -2.62. The van der Waals surface area contributed by atoms with E-state index in [-0.39, 0.29) is 10.5 Å². The lowest BCUT2D eigenvalue weighted by molar-refractivity contribution is 0.102. The summed E-state index contributed by atoms with van der Waals surface area (Å²) >= 11 is 2.83. The predicted octanol–water partition coefficient (Wildman–Crippen LogP) is 4.08. The summed E-state index contributed by atoms with van der Waals surface area (Å²) < 4.78 is 24.4. The van der Waals surface area contributed by atoms with E-state index >= 15 is 0 Å². The van der Waals surface area contributed by atoms with E-state index in [0.717, 1.165) is 21.5 Å². The van der Waals surface area contributed by atoms with Crippen LogP contribution < -0.4 is 5.32 Å². The van der Waals surface area contributed by atoms with Gasteiger partial charge >= 0.3 is 0 Å². The van der Waals surface area contributed by atoms with Crippen molar-refractivity contribution in [2.24, 2.45) is 0 Å². The van der Waals surface area contributed by atoms with Gasteiger partial charge in [-0.2, -0.15) is 0 Å². The third-order valence-electron chi connectivity index (χ3n) is 3.76. The number of nitrogens with one attached hydrogen (secondary N) is 1.